The topological polar surface area (TPSA) is 25.8 Å². The van der Waals surface area contributed by atoms with Gasteiger partial charge in [-0.25, -0.2) is 0 Å². The number of benzene rings is 4. The van der Waals surface area contributed by atoms with Crippen LogP contribution in [0.3, 0.4) is 0 Å². The summed E-state index contributed by atoms with van der Waals surface area (Å²) in [5.74, 6) is 0. The second-order valence-electron chi connectivity index (χ2n) is 9.16. The molecule has 0 amide bonds. The molecule has 0 aliphatic heterocycles. The number of fused-ring (bicyclic) bond motifs is 3. The van der Waals surface area contributed by atoms with E-state index in [-0.39, 0.29) is 20.1 Å². The molecule has 197 valence electrons. The van der Waals surface area contributed by atoms with E-state index in [1.54, 1.807) is 0 Å². The molecule has 0 fully saturated rings. The fourth-order valence-corrected chi connectivity index (χ4v) is 5.78. The normalized spacial score (nSPS) is 10.5. The number of nitrogens with zero attached hydrogens (tertiary/aromatic N) is 2. The van der Waals surface area contributed by atoms with Gasteiger partial charge in [-0.1, -0.05) is 79.0 Å². The van der Waals surface area contributed by atoms with Crippen molar-refractivity contribution in [1.82, 2.24) is 9.97 Å². The van der Waals surface area contributed by atoms with Gasteiger partial charge in [0.15, 0.2) is 0 Å². The Kier molecular flexibility index (Phi) is 8.93. The summed E-state index contributed by atoms with van der Waals surface area (Å²) in [6.45, 7) is 2.18. The van der Waals surface area contributed by atoms with Gasteiger partial charge in [0.2, 0.25) is 0 Å². The van der Waals surface area contributed by atoms with Crippen LogP contribution >= 0.6 is 11.3 Å². The largest absolute Gasteiger partial charge is 0.305 e. The van der Waals surface area contributed by atoms with Gasteiger partial charge in [0, 0.05) is 42.8 Å². The molecule has 0 aliphatic carbocycles. The summed E-state index contributed by atoms with van der Waals surface area (Å²) in [6, 6.07) is 45.9. The summed E-state index contributed by atoms with van der Waals surface area (Å²) >= 11 is 1.81. The second-order valence-corrected chi connectivity index (χ2v) is 10.2. The molecule has 0 aliphatic rings. The number of aryl methyl sites for hydroxylation is 1. The Balaban J connectivity index is 0.000000157. The number of thiophene rings is 1. The van der Waals surface area contributed by atoms with Gasteiger partial charge in [-0.3, -0.25) is 0 Å². The predicted molar refractivity (Wildman–Crippen MR) is 165 cm³/mol. The molecule has 0 bridgehead atoms. The maximum absolute atomic E-state index is 4.60. The van der Waals surface area contributed by atoms with Crippen molar-refractivity contribution in [3.8, 4) is 33.6 Å². The average molecular weight is 711 g/mol. The van der Waals surface area contributed by atoms with Crippen LogP contribution in [-0.2, 0) is 26.5 Å². The van der Waals surface area contributed by atoms with Crippen LogP contribution in [0.4, 0.5) is 0 Å². The molecule has 0 saturated carbocycles. The SMILES string of the molecule is CCc1cc(-c2[c-]cccc2)ncc1-c1ccccc1.[Ir].[c-]1cc2sc3ccccc3c2cc1-c1ccccn1. The first-order chi connectivity index (χ1) is 19.3. The van der Waals surface area contributed by atoms with Gasteiger partial charge in [0.25, 0.3) is 0 Å². The Morgan fingerprint density at radius 3 is 2.25 bits per heavy atom. The summed E-state index contributed by atoms with van der Waals surface area (Å²) in [4.78, 5) is 9.00. The van der Waals surface area contributed by atoms with Crippen molar-refractivity contribution in [3.63, 3.8) is 0 Å². The third-order valence-electron chi connectivity index (χ3n) is 6.69. The van der Waals surface area contributed by atoms with Gasteiger partial charge in [-0.05, 0) is 51.2 Å². The standard InChI is InChI=1S/C19H16N.C17H10NS.Ir/c1-2-15-13-19(17-11-7-4-8-12-17)20-14-18(15)16-9-5-3-6-10-16;1-2-7-16-13(5-1)14-11-12(8-9-17(14)19-16)15-6-3-4-10-18-15;/h3-11,13-14H,2H2,1H3;1-7,9-11H;/q2*-1;. The first-order valence-corrected chi connectivity index (χ1v) is 13.9. The van der Waals surface area contributed by atoms with Gasteiger partial charge in [0.1, 0.15) is 0 Å². The van der Waals surface area contributed by atoms with E-state index < -0.39 is 0 Å². The fourth-order valence-electron chi connectivity index (χ4n) is 4.71. The molecule has 7 rings (SSSR count). The first-order valence-electron chi connectivity index (χ1n) is 13.1. The summed E-state index contributed by atoms with van der Waals surface area (Å²) in [7, 11) is 0. The Morgan fingerprint density at radius 1 is 0.675 bits per heavy atom. The third-order valence-corrected chi connectivity index (χ3v) is 7.82. The summed E-state index contributed by atoms with van der Waals surface area (Å²) in [6.07, 6.45) is 4.79. The molecule has 0 unspecified atom stereocenters. The number of pyridine rings is 2. The van der Waals surface area contributed by atoms with Crippen LogP contribution in [0, 0.1) is 12.1 Å². The zero-order chi connectivity index (χ0) is 26.4. The van der Waals surface area contributed by atoms with Crippen molar-refractivity contribution < 1.29 is 20.1 Å². The quantitative estimate of drug-likeness (QED) is 0.170. The van der Waals surface area contributed by atoms with Crippen LogP contribution in [0.25, 0.3) is 53.8 Å². The van der Waals surface area contributed by atoms with Gasteiger partial charge in [0.05, 0.1) is 0 Å². The molecule has 0 atom stereocenters. The van der Waals surface area contributed by atoms with Crippen LogP contribution in [-0.4, -0.2) is 9.97 Å². The van der Waals surface area contributed by atoms with Crippen molar-refractivity contribution in [2.24, 2.45) is 0 Å². The summed E-state index contributed by atoms with van der Waals surface area (Å²) in [5, 5.41) is 2.61. The van der Waals surface area contributed by atoms with Crippen LogP contribution < -0.4 is 0 Å². The first kappa shape index (κ1) is 27.6. The fraction of sp³-hybridized carbons (Fsp3) is 0.0556. The van der Waals surface area contributed by atoms with Crippen molar-refractivity contribution in [1.29, 1.82) is 0 Å². The van der Waals surface area contributed by atoms with Crippen LogP contribution in [0.1, 0.15) is 12.5 Å². The van der Waals surface area contributed by atoms with Crippen molar-refractivity contribution in [2.75, 3.05) is 0 Å². The molecule has 4 aromatic carbocycles. The van der Waals surface area contributed by atoms with E-state index in [2.05, 4.69) is 95.8 Å². The van der Waals surface area contributed by atoms with Crippen LogP contribution in [0.15, 0.2) is 128 Å². The molecular weight excluding hydrogens is 685 g/mol. The zero-order valence-corrected chi connectivity index (χ0v) is 25.2. The maximum atomic E-state index is 4.60. The van der Waals surface area contributed by atoms with Crippen molar-refractivity contribution >= 4 is 31.5 Å². The molecule has 7 aromatic rings. The van der Waals surface area contributed by atoms with Gasteiger partial charge in [-0.15, -0.1) is 59.7 Å². The minimum atomic E-state index is 0. The molecule has 3 aromatic heterocycles. The Labute approximate surface area is 252 Å². The molecule has 40 heavy (non-hydrogen) atoms. The van der Waals surface area contributed by atoms with Gasteiger partial charge < -0.3 is 9.97 Å². The van der Waals surface area contributed by atoms with Crippen LogP contribution in [0.5, 0.6) is 0 Å². The van der Waals surface area contributed by atoms with E-state index in [0.717, 1.165) is 28.9 Å². The number of hydrogen-bond acceptors (Lipinski definition) is 3. The monoisotopic (exact) mass is 711 g/mol. The number of aromatic nitrogens is 2. The molecule has 0 N–H and O–H groups in total. The Hall–Kier alpha value is -3.95. The molecule has 0 saturated heterocycles. The van der Waals surface area contributed by atoms with Crippen molar-refractivity contribution in [3.05, 3.63) is 145 Å². The summed E-state index contributed by atoms with van der Waals surface area (Å²) < 4.78 is 2.60. The number of hydrogen-bond donors (Lipinski definition) is 0. The second kappa shape index (κ2) is 12.9. The van der Waals surface area contributed by atoms with Crippen LogP contribution in [0.2, 0.25) is 0 Å². The molecule has 2 nitrogen and oxygen atoms in total. The van der Waals surface area contributed by atoms with E-state index >= 15 is 0 Å². The molecule has 1 radical (unpaired) electrons. The van der Waals surface area contributed by atoms with E-state index in [9.17, 15) is 0 Å². The third kappa shape index (κ3) is 5.95. The number of rotatable bonds is 4. The Bertz CT molecular complexity index is 1830. The zero-order valence-electron chi connectivity index (χ0n) is 22.0. The maximum Gasteiger partial charge on any atom is 0.0242 e. The van der Waals surface area contributed by atoms with Gasteiger partial charge >= 0.3 is 0 Å². The molecular formula is C36H26IrN2S-2. The van der Waals surface area contributed by atoms with E-state index in [4.69, 9.17) is 0 Å². The summed E-state index contributed by atoms with van der Waals surface area (Å²) in [5.41, 5.74) is 7.81. The van der Waals surface area contributed by atoms with E-state index in [1.807, 2.05) is 72.3 Å². The van der Waals surface area contributed by atoms with E-state index in [1.165, 1.54) is 36.9 Å². The predicted octanol–water partition coefficient (Wildman–Crippen LogP) is 9.69. The molecule has 0 spiro atoms. The molecule has 3 heterocycles. The van der Waals surface area contributed by atoms with Crippen molar-refractivity contribution in [2.45, 2.75) is 13.3 Å². The molecule has 4 heteroatoms. The minimum Gasteiger partial charge on any atom is -0.305 e. The average Bonchev–Trinajstić information content (AvgIpc) is 3.40. The smallest absolute Gasteiger partial charge is 0.0242 e. The Morgan fingerprint density at radius 2 is 1.48 bits per heavy atom. The van der Waals surface area contributed by atoms with E-state index in [0.29, 0.717) is 0 Å². The minimum absolute atomic E-state index is 0. The van der Waals surface area contributed by atoms with Gasteiger partial charge in [-0.2, -0.15) is 11.3 Å².